The number of nitrogens with one attached hydrogen (secondary N) is 1. The highest BCUT2D eigenvalue weighted by Crippen LogP contribution is 2.11. The van der Waals surface area contributed by atoms with Crippen molar-refractivity contribution in [2.75, 3.05) is 26.7 Å². The highest BCUT2D eigenvalue weighted by molar-refractivity contribution is 5.85. The van der Waals surface area contributed by atoms with Crippen molar-refractivity contribution in [3.8, 4) is 0 Å². The van der Waals surface area contributed by atoms with Gasteiger partial charge in [-0.25, -0.2) is 4.79 Å². The maximum Gasteiger partial charge on any atom is 0.328 e. The number of rotatable bonds is 6. The molecule has 1 amide bonds. The Morgan fingerprint density at radius 3 is 2.38 bits per heavy atom. The third kappa shape index (κ3) is 5.63. The second kappa shape index (κ2) is 8.34. The van der Waals surface area contributed by atoms with Crippen LogP contribution in [0.15, 0.2) is 0 Å². The summed E-state index contributed by atoms with van der Waals surface area (Å²) in [5.41, 5.74) is 0. The third-order valence-electron chi connectivity index (χ3n) is 3.85. The van der Waals surface area contributed by atoms with Crippen LogP contribution in [-0.2, 0) is 19.1 Å². The summed E-state index contributed by atoms with van der Waals surface area (Å²) in [6.07, 6.45) is 1.03. The molecular formula is C15H28N2O4. The van der Waals surface area contributed by atoms with Crippen LogP contribution in [0.1, 0.15) is 34.1 Å². The molecule has 1 saturated heterocycles. The lowest BCUT2D eigenvalue weighted by Crippen LogP contribution is -2.52. The predicted molar refractivity (Wildman–Crippen MR) is 79.9 cm³/mol. The minimum absolute atomic E-state index is 0.0453. The summed E-state index contributed by atoms with van der Waals surface area (Å²) in [7, 11) is 1.34. The molecule has 0 aliphatic carbocycles. The molecule has 0 aromatic carbocycles. The van der Waals surface area contributed by atoms with E-state index in [1.54, 1.807) is 0 Å². The van der Waals surface area contributed by atoms with Gasteiger partial charge < -0.3 is 14.8 Å². The summed E-state index contributed by atoms with van der Waals surface area (Å²) in [5.74, 6) is -0.489. The van der Waals surface area contributed by atoms with Crippen molar-refractivity contribution in [3.05, 3.63) is 0 Å². The molecule has 122 valence electrons. The van der Waals surface area contributed by atoms with E-state index in [1.807, 2.05) is 27.7 Å². The van der Waals surface area contributed by atoms with Crippen LogP contribution in [0.4, 0.5) is 0 Å². The molecule has 1 aliphatic rings. The molecule has 0 unspecified atom stereocenters. The van der Waals surface area contributed by atoms with Gasteiger partial charge in [0.15, 0.2) is 0 Å². The van der Waals surface area contributed by atoms with E-state index in [9.17, 15) is 9.59 Å². The van der Waals surface area contributed by atoms with Crippen LogP contribution < -0.4 is 5.32 Å². The van der Waals surface area contributed by atoms with E-state index in [2.05, 4.69) is 10.2 Å². The van der Waals surface area contributed by atoms with Crippen LogP contribution in [0.5, 0.6) is 0 Å². The number of nitrogens with zero attached hydrogens (tertiary/aromatic N) is 1. The maximum absolute atomic E-state index is 12.2. The van der Waals surface area contributed by atoms with Crippen LogP contribution in [0, 0.1) is 5.92 Å². The first kappa shape index (κ1) is 17.9. The molecule has 1 N–H and O–H groups in total. The average Bonchev–Trinajstić information content (AvgIpc) is 2.41. The molecule has 4 atom stereocenters. The van der Waals surface area contributed by atoms with Crippen molar-refractivity contribution < 1.29 is 19.1 Å². The average molecular weight is 300 g/mol. The van der Waals surface area contributed by atoms with Crippen LogP contribution >= 0.6 is 0 Å². The summed E-state index contributed by atoms with van der Waals surface area (Å²) in [6.45, 7) is 9.64. The maximum atomic E-state index is 12.2. The van der Waals surface area contributed by atoms with Crippen molar-refractivity contribution in [3.63, 3.8) is 0 Å². The number of hydrogen-bond acceptors (Lipinski definition) is 5. The van der Waals surface area contributed by atoms with Crippen molar-refractivity contribution in [2.45, 2.75) is 52.4 Å². The number of morpholine rings is 1. The summed E-state index contributed by atoms with van der Waals surface area (Å²) >= 11 is 0. The molecule has 0 radical (unpaired) electrons. The third-order valence-corrected chi connectivity index (χ3v) is 3.85. The first-order valence-electron chi connectivity index (χ1n) is 7.62. The Kier molecular flexibility index (Phi) is 7.11. The molecule has 0 spiro atoms. The topological polar surface area (TPSA) is 67.9 Å². The minimum atomic E-state index is -0.580. The van der Waals surface area contributed by atoms with E-state index in [0.29, 0.717) is 0 Å². The Balaban J connectivity index is 2.55. The quantitative estimate of drug-likeness (QED) is 0.735. The van der Waals surface area contributed by atoms with E-state index in [0.717, 1.165) is 19.5 Å². The molecule has 6 nitrogen and oxygen atoms in total. The van der Waals surface area contributed by atoms with E-state index in [1.165, 1.54) is 7.11 Å². The monoisotopic (exact) mass is 300 g/mol. The van der Waals surface area contributed by atoms with Gasteiger partial charge in [0.05, 0.1) is 25.9 Å². The normalized spacial score (nSPS) is 26.0. The van der Waals surface area contributed by atoms with Gasteiger partial charge in [-0.1, -0.05) is 20.3 Å². The predicted octanol–water partition coefficient (Wildman–Crippen LogP) is 0.800. The Hall–Kier alpha value is -1.14. The van der Waals surface area contributed by atoms with Gasteiger partial charge in [0.2, 0.25) is 5.91 Å². The van der Waals surface area contributed by atoms with Gasteiger partial charge >= 0.3 is 5.97 Å². The molecule has 1 rings (SSSR count). The van der Waals surface area contributed by atoms with Crippen molar-refractivity contribution in [2.24, 2.45) is 5.92 Å². The number of ether oxygens (including phenoxy) is 2. The Morgan fingerprint density at radius 1 is 1.33 bits per heavy atom. The zero-order chi connectivity index (χ0) is 16.0. The summed E-state index contributed by atoms with van der Waals surface area (Å²) in [5, 5.41) is 2.80. The second-order valence-electron chi connectivity index (χ2n) is 5.91. The van der Waals surface area contributed by atoms with E-state index < -0.39 is 6.04 Å². The van der Waals surface area contributed by atoms with Gasteiger partial charge in [-0.05, 0) is 19.8 Å². The van der Waals surface area contributed by atoms with Gasteiger partial charge in [-0.3, -0.25) is 9.69 Å². The van der Waals surface area contributed by atoms with Gasteiger partial charge in [-0.15, -0.1) is 0 Å². The number of methoxy groups -OCH3 is 1. The molecule has 0 aromatic rings. The van der Waals surface area contributed by atoms with Gasteiger partial charge in [0, 0.05) is 13.1 Å². The smallest absolute Gasteiger partial charge is 0.328 e. The minimum Gasteiger partial charge on any atom is -0.467 e. The van der Waals surface area contributed by atoms with Crippen LogP contribution in [0.2, 0.25) is 0 Å². The Bertz CT molecular complexity index is 352. The lowest BCUT2D eigenvalue weighted by Gasteiger charge is -2.35. The molecule has 1 heterocycles. The Morgan fingerprint density at radius 2 is 1.90 bits per heavy atom. The Labute approximate surface area is 127 Å². The lowest BCUT2D eigenvalue weighted by molar-refractivity contribution is -0.147. The molecule has 0 saturated carbocycles. The summed E-state index contributed by atoms with van der Waals surface area (Å²) < 4.78 is 10.4. The lowest BCUT2D eigenvalue weighted by atomic mass is 9.99. The molecule has 0 aromatic heterocycles. The first-order chi connectivity index (χ1) is 9.87. The van der Waals surface area contributed by atoms with Gasteiger partial charge in [0.25, 0.3) is 0 Å². The number of carbonyl (C=O) groups excluding carboxylic acids is 2. The number of hydrogen-bond donors (Lipinski definition) is 1. The first-order valence-corrected chi connectivity index (χ1v) is 7.62. The van der Waals surface area contributed by atoms with Crippen LogP contribution in [-0.4, -0.2) is 61.8 Å². The summed E-state index contributed by atoms with van der Waals surface area (Å²) in [4.78, 5) is 26.0. The molecule has 21 heavy (non-hydrogen) atoms. The highest BCUT2D eigenvalue weighted by Gasteiger charge is 2.29. The fourth-order valence-corrected chi connectivity index (χ4v) is 2.63. The van der Waals surface area contributed by atoms with Crippen molar-refractivity contribution >= 4 is 11.9 Å². The number of amides is 1. The van der Waals surface area contributed by atoms with E-state index in [4.69, 9.17) is 9.47 Å². The van der Waals surface area contributed by atoms with Gasteiger partial charge in [0.1, 0.15) is 6.04 Å². The number of carbonyl (C=O) groups is 2. The summed E-state index contributed by atoms with van der Waals surface area (Å²) in [6, 6.07) is -0.580. The highest BCUT2D eigenvalue weighted by atomic mass is 16.5. The van der Waals surface area contributed by atoms with E-state index >= 15 is 0 Å². The van der Waals surface area contributed by atoms with Crippen LogP contribution in [0.3, 0.4) is 0 Å². The molecule has 1 fully saturated rings. The fraction of sp³-hybridized carbons (Fsp3) is 0.867. The number of esters is 1. The van der Waals surface area contributed by atoms with Crippen LogP contribution in [0.25, 0.3) is 0 Å². The van der Waals surface area contributed by atoms with Crippen molar-refractivity contribution in [1.82, 2.24) is 10.2 Å². The molecular weight excluding hydrogens is 272 g/mol. The van der Waals surface area contributed by atoms with E-state index in [-0.39, 0.29) is 36.5 Å². The molecule has 0 bridgehead atoms. The standard InChI is InChI=1S/C15H28N2O4/c1-6-10(2)14(15(19)20-5)16-13(18)9-17-7-11(3)21-12(4)8-17/h10-12,14H,6-9H2,1-5H3,(H,16,18)/t10-,11+,12+,14-/m0/s1. The largest absolute Gasteiger partial charge is 0.467 e. The zero-order valence-electron chi connectivity index (χ0n) is 13.7. The molecule has 1 aliphatic heterocycles. The fourth-order valence-electron chi connectivity index (χ4n) is 2.63. The molecule has 6 heteroatoms. The SMILES string of the molecule is CC[C@H](C)[C@H](NC(=O)CN1C[C@@H](C)O[C@H](C)C1)C(=O)OC. The van der Waals surface area contributed by atoms with Crippen molar-refractivity contribution in [1.29, 1.82) is 0 Å². The zero-order valence-corrected chi connectivity index (χ0v) is 13.7. The van der Waals surface area contributed by atoms with Gasteiger partial charge in [-0.2, -0.15) is 0 Å². The second-order valence-corrected chi connectivity index (χ2v) is 5.91.